The predicted octanol–water partition coefficient (Wildman–Crippen LogP) is 3.22. The van der Waals surface area contributed by atoms with E-state index in [-0.39, 0.29) is 12.1 Å². The van der Waals surface area contributed by atoms with Gasteiger partial charge in [-0.25, -0.2) is 14.8 Å². The zero-order valence-electron chi connectivity index (χ0n) is 16.6. The Morgan fingerprint density at radius 2 is 2.00 bits per heavy atom. The quantitative estimate of drug-likeness (QED) is 0.720. The summed E-state index contributed by atoms with van der Waals surface area (Å²) in [6.45, 7) is 4.36. The molecule has 2 atom stereocenters. The number of piperidine rings is 1. The minimum atomic E-state index is 0.0385. The normalized spacial score (nSPS) is 21.4. The van der Waals surface area contributed by atoms with Crippen molar-refractivity contribution in [3.63, 3.8) is 0 Å². The van der Waals surface area contributed by atoms with Crippen molar-refractivity contribution >= 4 is 22.9 Å². The first-order valence-corrected chi connectivity index (χ1v) is 10.4. The highest BCUT2D eigenvalue weighted by Crippen LogP contribution is 2.35. The standard InChI is InChI=1S/C22H26N6O/c1-15-4-6-16(7-5-15)13-24-22(29)28-11-2-3-18-19(28)9-12-27(18)21-17-8-10-23-20(17)25-14-26-21/h4-8,10,14,18-19H,2-3,9,11-13H2,1H3,(H,24,29)(H,23,25,26)/t18-,19?/m1/s1. The third kappa shape index (κ3) is 3.30. The van der Waals surface area contributed by atoms with Crippen molar-refractivity contribution in [1.82, 2.24) is 25.2 Å². The van der Waals surface area contributed by atoms with Crippen molar-refractivity contribution in [2.75, 3.05) is 18.0 Å². The van der Waals surface area contributed by atoms with Gasteiger partial charge in [0.05, 0.1) is 17.5 Å². The lowest BCUT2D eigenvalue weighted by Gasteiger charge is -2.40. The number of aryl methyl sites for hydroxylation is 1. The molecule has 2 aliphatic heterocycles. The number of aromatic amines is 1. The van der Waals surface area contributed by atoms with Crippen molar-refractivity contribution < 1.29 is 4.79 Å². The van der Waals surface area contributed by atoms with Crippen LogP contribution in [0, 0.1) is 6.92 Å². The third-order valence-electron chi connectivity index (χ3n) is 6.24. The number of benzene rings is 1. The van der Waals surface area contributed by atoms with Gasteiger partial charge in [-0.15, -0.1) is 0 Å². The van der Waals surface area contributed by atoms with E-state index in [1.54, 1.807) is 6.33 Å². The van der Waals surface area contributed by atoms with E-state index in [1.165, 1.54) is 5.56 Å². The van der Waals surface area contributed by atoms with Crippen LogP contribution in [0.2, 0.25) is 0 Å². The monoisotopic (exact) mass is 390 g/mol. The van der Waals surface area contributed by atoms with Crippen LogP contribution in [-0.4, -0.2) is 51.1 Å². The molecule has 2 N–H and O–H groups in total. The SMILES string of the molecule is Cc1ccc(CNC(=O)N2CCC[C@@H]3C2CCN3c2ncnc3[nH]ccc23)cc1. The van der Waals surface area contributed by atoms with Gasteiger partial charge >= 0.3 is 6.03 Å². The summed E-state index contributed by atoms with van der Waals surface area (Å²) in [6, 6.07) is 10.9. The Kier molecular flexibility index (Phi) is 4.58. The van der Waals surface area contributed by atoms with Gasteiger partial charge in [-0.05, 0) is 37.8 Å². The highest BCUT2D eigenvalue weighted by atomic mass is 16.2. The Hall–Kier alpha value is -3.09. The predicted molar refractivity (Wildman–Crippen MR) is 113 cm³/mol. The number of hydrogen-bond donors (Lipinski definition) is 2. The fourth-order valence-corrected chi connectivity index (χ4v) is 4.77. The minimum absolute atomic E-state index is 0.0385. The number of nitrogens with one attached hydrogen (secondary N) is 2. The topological polar surface area (TPSA) is 77.2 Å². The van der Waals surface area contributed by atoms with Crippen LogP contribution in [0.25, 0.3) is 11.0 Å². The Morgan fingerprint density at radius 1 is 1.14 bits per heavy atom. The molecular weight excluding hydrogens is 364 g/mol. The second-order valence-corrected chi connectivity index (χ2v) is 8.03. The maximum Gasteiger partial charge on any atom is 0.317 e. The molecule has 5 rings (SSSR count). The van der Waals surface area contributed by atoms with Gasteiger partial charge in [0.2, 0.25) is 0 Å². The molecule has 150 valence electrons. The number of carbonyl (C=O) groups is 1. The first-order valence-electron chi connectivity index (χ1n) is 10.4. The number of aromatic nitrogens is 3. The maximum atomic E-state index is 13.0. The van der Waals surface area contributed by atoms with Crippen LogP contribution in [0.4, 0.5) is 10.6 Å². The number of anilines is 1. The largest absolute Gasteiger partial charge is 0.351 e. The van der Waals surface area contributed by atoms with Crippen LogP contribution in [0.15, 0.2) is 42.9 Å². The number of fused-ring (bicyclic) bond motifs is 2. The Balaban J connectivity index is 1.30. The second-order valence-electron chi connectivity index (χ2n) is 8.03. The second kappa shape index (κ2) is 7.39. The van der Waals surface area contributed by atoms with Crippen LogP contribution in [0.3, 0.4) is 0 Å². The maximum absolute atomic E-state index is 13.0. The van der Waals surface area contributed by atoms with Crippen LogP contribution in [0.5, 0.6) is 0 Å². The van der Waals surface area contributed by atoms with Gasteiger partial charge in [0.25, 0.3) is 0 Å². The average Bonchev–Trinajstić information content (AvgIpc) is 3.39. The molecule has 3 aromatic rings. The van der Waals surface area contributed by atoms with E-state index in [9.17, 15) is 4.79 Å². The van der Waals surface area contributed by atoms with Gasteiger partial charge in [0.1, 0.15) is 17.8 Å². The summed E-state index contributed by atoms with van der Waals surface area (Å²) < 4.78 is 0. The van der Waals surface area contributed by atoms with E-state index in [4.69, 9.17) is 0 Å². The summed E-state index contributed by atoms with van der Waals surface area (Å²) in [5.41, 5.74) is 3.22. The zero-order valence-corrected chi connectivity index (χ0v) is 16.6. The van der Waals surface area contributed by atoms with Gasteiger partial charge in [-0.2, -0.15) is 0 Å². The lowest BCUT2D eigenvalue weighted by atomic mass is 9.97. The van der Waals surface area contributed by atoms with E-state index in [0.717, 1.165) is 54.8 Å². The molecule has 7 heteroatoms. The number of hydrogen-bond acceptors (Lipinski definition) is 4. The Labute approximate surface area is 170 Å². The molecule has 2 aliphatic rings. The van der Waals surface area contributed by atoms with Crippen LogP contribution in [-0.2, 0) is 6.54 Å². The fourth-order valence-electron chi connectivity index (χ4n) is 4.77. The molecule has 2 saturated heterocycles. The number of amides is 2. The van der Waals surface area contributed by atoms with Gasteiger partial charge in [0, 0.05) is 25.8 Å². The number of likely N-dealkylation sites (tertiary alicyclic amines) is 1. The van der Waals surface area contributed by atoms with Crippen LogP contribution < -0.4 is 10.2 Å². The molecule has 2 amide bonds. The lowest BCUT2D eigenvalue weighted by molar-refractivity contribution is 0.148. The molecule has 7 nitrogen and oxygen atoms in total. The van der Waals surface area contributed by atoms with Crippen molar-refractivity contribution in [3.8, 4) is 0 Å². The van der Waals surface area contributed by atoms with E-state index >= 15 is 0 Å². The molecule has 4 heterocycles. The molecule has 0 bridgehead atoms. The third-order valence-corrected chi connectivity index (χ3v) is 6.24. The molecule has 1 aromatic carbocycles. The van der Waals surface area contributed by atoms with Gasteiger partial charge in [0.15, 0.2) is 0 Å². The molecule has 0 radical (unpaired) electrons. The molecule has 2 fully saturated rings. The summed E-state index contributed by atoms with van der Waals surface area (Å²) in [6.07, 6.45) is 6.59. The average molecular weight is 390 g/mol. The first kappa shape index (κ1) is 18.0. The molecular formula is C22H26N6O. The van der Waals surface area contributed by atoms with Crippen molar-refractivity contribution in [2.24, 2.45) is 0 Å². The molecule has 2 aromatic heterocycles. The summed E-state index contributed by atoms with van der Waals surface area (Å²) in [4.78, 5) is 29.4. The first-order chi connectivity index (χ1) is 14.2. The van der Waals surface area contributed by atoms with Crippen molar-refractivity contribution in [3.05, 3.63) is 54.0 Å². The fraction of sp³-hybridized carbons (Fsp3) is 0.409. The van der Waals surface area contributed by atoms with E-state index in [2.05, 4.69) is 56.4 Å². The zero-order chi connectivity index (χ0) is 19.8. The highest BCUT2D eigenvalue weighted by Gasteiger charge is 2.42. The number of rotatable bonds is 3. The summed E-state index contributed by atoms with van der Waals surface area (Å²) >= 11 is 0. The highest BCUT2D eigenvalue weighted by molar-refractivity contribution is 5.87. The van der Waals surface area contributed by atoms with Crippen molar-refractivity contribution in [1.29, 1.82) is 0 Å². The Bertz CT molecular complexity index is 1010. The van der Waals surface area contributed by atoms with E-state index < -0.39 is 0 Å². The molecule has 1 unspecified atom stereocenters. The van der Waals surface area contributed by atoms with Crippen molar-refractivity contribution in [2.45, 2.75) is 44.8 Å². The van der Waals surface area contributed by atoms with E-state index in [1.807, 2.05) is 17.2 Å². The number of urea groups is 1. The number of nitrogens with zero attached hydrogens (tertiary/aromatic N) is 4. The number of H-pyrrole nitrogens is 1. The van der Waals surface area contributed by atoms with Gasteiger partial charge in [-0.3, -0.25) is 0 Å². The van der Waals surface area contributed by atoms with Gasteiger partial charge in [-0.1, -0.05) is 29.8 Å². The smallest absolute Gasteiger partial charge is 0.317 e. The molecule has 29 heavy (non-hydrogen) atoms. The summed E-state index contributed by atoms with van der Waals surface area (Å²) in [5.74, 6) is 0.977. The lowest BCUT2D eigenvalue weighted by Crippen LogP contribution is -2.54. The summed E-state index contributed by atoms with van der Waals surface area (Å²) in [5, 5.41) is 4.17. The van der Waals surface area contributed by atoms with Crippen LogP contribution in [0.1, 0.15) is 30.4 Å². The van der Waals surface area contributed by atoms with Crippen LogP contribution >= 0.6 is 0 Å². The molecule has 0 saturated carbocycles. The molecule has 0 spiro atoms. The van der Waals surface area contributed by atoms with Gasteiger partial charge < -0.3 is 20.1 Å². The number of carbonyl (C=O) groups excluding carboxylic acids is 1. The Morgan fingerprint density at radius 3 is 2.86 bits per heavy atom. The summed E-state index contributed by atoms with van der Waals surface area (Å²) in [7, 11) is 0. The molecule has 0 aliphatic carbocycles. The minimum Gasteiger partial charge on any atom is -0.351 e. The van der Waals surface area contributed by atoms with E-state index in [0.29, 0.717) is 12.6 Å².